The Morgan fingerprint density at radius 1 is 0.917 bits per heavy atom. The Balaban J connectivity index is 1.70. The predicted molar refractivity (Wildman–Crippen MR) is 96.8 cm³/mol. The molecule has 0 aliphatic rings. The van der Waals surface area contributed by atoms with Crippen molar-refractivity contribution in [2.24, 2.45) is 0 Å². The number of ether oxygens (including phenoxy) is 2. The van der Waals surface area contributed by atoms with Crippen molar-refractivity contribution in [2.45, 2.75) is 33.1 Å². The summed E-state index contributed by atoms with van der Waals surface area (Å²) < 4.78 is 11.2. The number of rotatable bonds is 9. The van der Waals surface area contributed by atoms with E-state index in [2.05, 4.69) is 12.2 Å². The number of carbonyl (C=O) groups excluding carboxylic acids is 1. The highest BCUT2D eigenvalue weighted by atomic mass is 16.5. The highest BCUT2D eigenvalue weighted by Gasteiger charge is 2.04. The fourth-order valence-corrected chi connectivity index (χ4v) is 2.09. The molecule has 0 radical (unpaired) electrons. The Kier molecular flexibility index (Phi) is 7.15. The van der Waals surface area contributed by atoms with Gasteiger partial charge in [0, 0.05) is 5.69 Å². The van der Waals surface area contributed by atoms with Crippen LogP contribution in [0.3, 0.4) is 0 Å². The number of amides is 1. The lowest BCUT2D eigenvalue weighted by molar-refractivity contribution is -0.116. The molecule has 24 heavy (non-hydrogen) atoms. The molecule has 4 heteroatoms. The lowest BCUT2D eigenvalue weighted by Gasteiger charge is -2.09. The number of hydrogen-bond donors (Lipinski definition) is 1. The summed E-state index contributed by atoms with van der Waals surface area (Å²) in [7, 11) is 0. The second-order valence-electron chi connectivity index (χ2n) is 5.69. The second-order valence-corrected chi connectivity index (χ2v) is 5.69. The maximum atomic E-state index is 11.9. The van der Waals surface area contributed by atoms with E-state index in [-0.39, 0.29) is 5.91 Å². The van der Waals surface area contributed by atoms with Crippen molar-refractivity contribution in [3.63, 3.8) is 0 Å². The van der Waals surface area contributed by atoms with Crippen LogP contribution in [0.15, 0.2) is 48.5 Å². The molecule has 1 N–H and O–H groups in total. The van der Waals surface area contributed by atoms with E-state index in [9.17, 15) is 4.79 Å². The van der Waals surface area contributed by atoms with Crippen LogP contribution in [-0.2, 0) is 4.79 Å². The van der Waals surface area contributed by atoms with Crippen molar-refractivity contribution in [1.82, 2.24) is 0 Å². The second kappa shape index (κ2) is 9.60. The Hall–Kier alpha value is -2.49. The number of carbonyl (C=O) groups is 1. The van der Waals surface area contributed by atoms with Crippen LogP contribution in [0.5, 0.6) is 11.5 Å². The molecule has 1 amide bonds. The van der Waals surface area contributed by atoms with Crippen LogP contribution in [-0.4, -0.2) is 19.1 Å². The molecule has 0 heterocycles. The van der Waals surface area contributed by atoms with E-state index >= 15 is 0 Å². The monoisotopic (exact) mass is 327 g/mol. The number of hydrogen-bond acceptors (Lipinski definition) is 3. The molecule has 0 spiro atoms. The lowest BCUT2D eigenvalue weighted by Crippen LogP contribution is -2.15. The smallest absolute Gasteiger partial charge is 0.227 e. The normalized spacial score (nSPS) is 10.2. The first-order chi connectivity index (χ1) is 11.7. The minimum atomic E-state index is -0.0678. The van der Waals surface area contributed by atoms with E-state index < -0.39 is 0 Å². The van der Waals surface area contributed by atoms with E-state index in [1.54, 1.807) is 0 Å². The maximum Gasteiger partial charge on any atom is 0.227 e. The summed E-state index contributed by atoms with van der Waals surface area (Å²) in [6, 6.07) is 15.2. The molecule has 0 bridgehead atoms. The SMILES string of the molecule is CCCCOc1ccc(NC(=O)CCOc2ccc(C)cc2)cc1. The summed E-state index contributed by atoms with van der Waals surface area (Å²) in [5.41, 5.74) is 1.94. The Bertz CT molecular complexity index is 620. The van der Waals surface area contributed by atoms with E-state index in [0.29, 0.717) is 13.0 Å². The molecule has 0 aromatic heterocycles. The average Bonchev–Trinajstić information content (AvgIpc) is 2.58. The predicted octanol–water partition coefficient (Wildman–Crippen LogP) is 4.58. The van der Waals surface area contributed by atoms with Gasteiger partial charge in [0.2, 0.25) is 5.91 Å². The molecule has 0 atom stereocenters. The van der Waals surface area contributed by atoms with E-state index in [0.717, 1.165) is 36.6 Å². The third-order valence-corrected chi connectivity index (χ3v) is 3.52. The van der Waals surface area contributed by atoms with Gasteiger partial charge in [-0.15, -0.1) is 0 Å². The molecule has 0 aliphatic heterocycles. The fraction of sp³-hybridized carbons (Fsp3) is 0.350. The van der Waals surface area contributed by atoms with Crippen LogP contribution >= 0.6 is 0 Å². The Morgan fingerprint density at radius 2 is 1.50 bits per heavy atom. The topological polar surface area (TPSA) is 47.6 Å². The average molecular weight is 327 g/mol. The summed E-state index contributed by atoms with van der Waals surface area (Å²) in [6.45, 7) is 5.23. The minimum absolute atomic E-state index is 0.0678. The Labute approximate surface area is 143 Å². The van der Waals surface area contributed by atoms with Crippen LogP contribution in [0.1, 0.15) is 31.7 Å². The van der Waals surface area contributed by atoms with Gasteiger partial charge < -0.3 is 14.8 Å². The highest BCUT2D eigenvalue weighted by molar-refractivity contribution is 5.90. The summed E-state index contributed by atoms with van der Waals surface area (Å²) >= 11 is 0. The maximum absolute atomic E-state index is 11.9. The molecule has 0 unspecified atom stereocenters. The van der Waals surface area contributed by atoms with Crippen LogP contribution in [0.4, 0.5) is 5.69 Å². The molecule has 0 saturated heterocycles. The van der Waals surface area contributed by atoms with Crippen molar-refractivity contribution in [3.8, 4) is 11.5 Å². The fourth-order valence-electron chi connectivity index (χ4n) is 2.09. The molecule has 0 aliphatic carbocycles. The molecule has 128 valence electrons. The summed E-state index contributed by atoms with van der Waals surface area (Å²) in [5.74, 6) is 1.54. The molecule has 0 saturated carbocycles. The molecule has 2 aromatic carbocycles. The number of anilines is 1. The van der Waals surface area contributed by atoms with Crippen LogP contribution < -0.4 is 14.8 Å². The van der Waals surface area contributed by atoms with Crippen molar-refractivity contribution in [1.29, 1.82) is 0 Å². The van der Waals surface area contributed by atoms with Crippen LogP contribution in [0, 0.1) is 6.92 Å². The number of nitrogens with one attached hydrogen (secondary N) is 1. The van der Waals surface area contributed by atoms with E-state index in [1.165, 1.54) is 5.56 Å². The van der Waals surface area contributed by atoms with Crippen LogP contribution in [0.25, 0.3) is 0 Å². The van der Waals surface area contributed by atoms with Gasteiger partial charge in [-0.1, -0.05) is 31.0 Å². The van der Waals surface area contributed by atoms with Gasteiger partial charge in [-0.25, -0.2) is 0 Å². The van der Waals surface area contributed by atoms with E-state index in [4.69, 9.17) is 9.47 Å². The van der Waals surface area contributed by atoms with Crippen molar-refractivity contribution < 1.29 is 14.3 Å². The standard InChI is InChI=1S/C20H25NO3/c1-3-4-14-23-19-11-7-17(8-12-19)21-20(22)13-15-24-18-9-5-16(2)6-10-18/h5-12H,3-4,13-15H2,1-2H3,(H,21,22). The first-order valence-electron chi connectivity index (χ1n) is 8.39. The number of aryl methyl sites for hydroxylation is 1. The van der Waals surface area contributed by atoms with Gasteiger partial charge >= 0.3 is 0 Å². The largest absolute Gasteiger partial charge is 0.494 e. The highest BCUT2D eigenvalue weighted by Crippen LogP contribution is 2.16. The van der Waals surface area contributed by atoms with Crippen LogP contribution in [0.2, 0.25) is 0 Å². The molecule has 4 nitrogen and oxygen atoms in total. The summed E-state index contributed by atoms with van der Waals surface area (Å²) in [4.78, 5) is 11.9. The zero-order valence-electron chi connectivity index (χ0n) is 14.4. The summed E-state index contributed by atoms with van der Waals surface area (Å²) in [6.07, 6.45) is 2.46. The van der Waals surface area contributed by atoms with Gasteiger partial charge in [-0.2, -0.15) is 0 Å². The number of unbranched alkanes of at least 4 members (excludes halogenated alkanes) is 1. The van der Waals surface area contributed by atoms with Gasteiger partial charge in [0.05, 0.1) is 19.6 Å². The molecule has 0 fully saturated rings. The van der Waals surface area contributed by atoms with Crippen molar-refractivity contribution in [2.75, 3.05) is 18.5 Å². The molecule has 2 aromatic rings. The van der Waals surface area contributed by atoms with E-state index in [1.807, 2.05) is 55.5 Å². The molecular formula is C20H25NO3. The van der Waals surface area contributed by atoms with Gasteiger partial charge in [0.25, 0.3) is 0 Å². The van der Waals surface area contributed by atoms with Gasteiger partial charge in [0.15, 0.2) is 0 Å². The summed E-state index contributed by atoms with van der Waals surface area (Å²) in [5, 5.41) is 2.86. The minimum Gasteiger partial charge on any atom is -0.494 e. The zero-order valence-corrected chi connectivity index (χ0v) is 14.4. The third kappa shape index (κ3) is 6.32. The quantitative estimate of drug-likeness (QED) is 0.686. The Morgan fingerprint density at radius 3 is 2.12 bits per heavy atom. The van der Waals surface area contributed by atoms with Gasteiger partial charge in [-0.3, -0.25) is 4.79 Å². The molecule has 2 rings (SSSR count). The van der Waals surface area contributed by atoms with Crippen molar-refractivity contribution >= 4 is 11.6 Å². The van der Waals surface area contributed by atoms with Gasteiger partial charge in [0.1, 0.15) is 11.5 Å². The number of benzene rings is 2. The zero-order chi connectivity index (χ0) is 17.2. The third-order valence-electron chi connectivity index (χ3n) is 3.52. The van der Waals surface area contributed by atoms with Gasteiger partial charge in [-0.05, 0) is 49.7 Å². The first kappa shape index (κ1) is 17.9. The molecular weight excluding hydrogens is 302 g/mol. The van der Waals surface area contributed by atoms with Crippen molar-refractivity contribution in [3.05, 3.63) is 54.1 Å². The lowest BCUT2D eigenvalue weighted by atomic mass is 10.2. The first-order valence-corrected chi connectivity index (χ1v) is 8.39.